The van der Waals surface area contributed by atoms with Gasteiger partial charge < -0.3 is 0 Å². The van der Waals surface area contributed by atoms with Gasteiger partial charge in [0.1, 0.15) is 4.60 Å². The highest BCUT2D eigenvalue weighted by Crippen LogP contribution is 2.20. The molecule has 1 heterocycles. The zero-order chi connectivity index (χ0) is 6.15. The van der Waals surface area contributed by atoms with Gasteiger partial charge in [0.2, 0.25) is 0 Å². The molecule has 44 valence electrons. The van der Waals surface area contributed by atoms with Gasteiger partial charge in [-0.2, -0.15) is 5.10 Å². The van der Waals surface area contributed by atoms with Crippen molar-refractivity contribution in [1.29, 1.82) is 0 Å². The number of aromatic nitrogens is 2. The van der Waals surface area contributed by atoms with Gasteiger partial charge in [-0.05, 0) is 31.9 Å². The molecule has 1 aromatic rings. The van der Waals surface area contributed by atoms with Crippen molar-refractivity contribution in [3.05, 3.63) is 15.3 Å². The van der Waals surface area contributed by atoms with Gasteiger partial charge in [0.15, 0.2) is 0 Å². The number of halogens is 3. The van der Waals surface area contributed by atoms with Gasteiger partial charge in [0.05, 0.1) is 26.8 Å². The van der Waals surface area contributed by atoms with E-state index in [0.29, 0.717) is 0 Å². The first-order valence-electron chi connectivity index (χ1n) is 1.77. The third-order valence-corrected chi connectivity index (χ3v) is 2.66. The maximum absolute atomic E-state index is 3.91. The Balaban J connectivity index is 3.14. The molecule has 5 heteroatoms. The Labute approximate surface area is 71.9 Å². The summed E-state index contributed by atoms with van der Waals surface area (Å²) >= 11 is 9.59. The highest BCUT2D eigenvalue weighted by Gasteiger charge is 1.98. The van der Waals surface area contributed by atoms with Crippen molar-refractivity contribution >= 4 is 48.0 Å². The zero-order valence-electron chi connectivity index (χ0n) is 3.61. The molecule has 0 saturated carbocycles. The molecular weight excluding hydrogens is 304 g/mol. The largest absolute Gasteiger partial charge is 0.203 e. The van der Waals surface area contributed by atoms with Crippen molar-refractivity contribution < 1.29 is 0 Å². The fourth-order valence-electron chi connectivity index (χ4n) is 0.307. The topological polar surface area (TPSA) is 17.8 Å². The lowest BCUT2D eigenvalue weighted by Gasteiger charge is -1.74. The average Bonchev–Trinajstić information content (AvgIpc) is 1.85. The highest BCUT2D eigenvalue weighted by molar-refractivity contribution is 9.13. The first kappa shape index (κ1) is 6.77. The second kappa shape index (κ2) is 2.49. The van der Waals surface area contributed by atoms with Crippen molar-refractivity contribution in [3.8, 4) is 0 Å². The van der Waals surface area contributed by atoms with E-state index in [1.165, 1.54) is 0 Å². The van der Waals surface area contributed by atoms with E-state index in [9.17, 15) is 0 Å². The van der Waals surface area contributed by atoms with Gasteiger partial charge in [-0.15, -0.1) is 0 Å². The van der Waals surface area contributed by atoms with E-state index in [-0.39, 0.29) is 0 Å². The third-order valence-electron chi connectivity index (χ3n) is 0.600. The molecule has 1 aromatic heterocycles. The smallest absolute Gasteiger partial charge is 0.143 e. The Bertz CT molecular complexity index is 175. The lowest BCUT2D eigenvalue weighted by Crippen LogP contribution is -1.74. The van der Waals surface area contributed by atoms with Crippen LogP contribution in [-0.4, -0.2) is 8.81 Å². The van der Waals surface area contributed by atoms with Crippen LogP contribution >= 0.6 is 48.0 Å². The van der Waals surface area contributed by atoms with E-state index in [1.54, 1.807) is 9.90 Å². The Morgan fingerprint density at radius 2 is 2.12 bits per heavy atom. The van der Waals surface area contributed by atoms with Gasteiger partial charge in [-0.1, -0.05) is 0 Å². The zero-order valence-corrected chi connectivity index (χ0v) is 8.36. The van der Waals surface area contributed by atoms with Crippen LogP contribution < -0.4 is 0 Å². The molecule has 2 nitrogen and oxygen atoms in total. The average molecular weight is 305 g/mol. The van der Waals surface area contributed by atoms with E-state index in [2.05, 4.69) is 53.1 Å². The molecule has 8 heavy (non-hydrogen) atoms. The summed E-state index contributed by atoms with van der Waals surface area (Å²) < 4.78 is 3.28. The molecule has 0 fully saturated rings. The summed E-state index contributed by atoms with van der Waals surface area (Å²) in [5, 5.41) is 3.91. The Morgan fingerprint density at radius 1 is 1.50 bits per heavy atom. The van der Waals surface area contributed by atoms with Crippen LogP contribution in [0.1, 0.15) is 0 Å². The first-order chi connectivity index (χ1) is 3.70. The first-order valence-corrected chi connectivity index (χ1v) is 4.06. The van der Waals surface area contributed by atoms with Crippen LogP contribution in [0.15, 0.2) is 15.3 Å². The second-order valence-electron chi connectivity index (χ2n) is 1.16. The number of rotatable bonds is 0. The number of nitrogens with zero attached hydrogens (tertiary/aromatic N) is 2. The molecule has 0 aromatic carbocycles. The SMILES string of the molecule is Brc1cn(Br)nc1Br. The molecule has 0 N–H and O–H groups in total. The molecule has 0 radical (unpaired) electrons. The molecule has 0 amide bonds. The van der Waals surface area contributed by atoms with Crippen LogP contribution in [0.4, 0.5) is 0 Å². The van der Waals surface area contributed by atoms with Crippen LogP contribution in [-0.2, 0) is 0 Å². The molecule has 0 spiro atoms. The van der Waals surface area contributed by atoms with Gasteiger partial charge in [-0.3, -0.25) is 0 Å². The van der Waals surface area contributed by atoms with Gasteiger partial charge in [0.25, 0.3) is 0 Å². The summed E-state index contributed by atoms with van der Waals surface area (Å²) in [7, 11) is 0. The minimum Gasteiger partial charge on any atom is -0.203 e. The molecule has 0 unspecified atom stereocenters. The van der Waals surface area contributed by atoms with E-state index in [4.69, 9.17) is 0 Å². The Kier molecular flexibility index (Phi) is 2.11. The fourth-order valence-corrected chi connectivity index (χ4v) is 1.70. The number of hydrogen-bond donors (Lipinski definition) is 0. The number of hydrogen-bond acceptors (Lipinski definition) is 1. The van der Waals surface area contributed by atoms with Crippen molar-refractivity contribution in [2.45, 2.75) is 0 Å². The van der Waals surface area contributed by atoms with Gasteiger partial charge in [0, 0.05) is 0 Å². The van der Waals surface area contributed by atoms with Crippen molar-refractivity contribution in [2.75, 3.05) is 0 Å². The summed E-state index contributed by atoms with van der Waals surface area (Å²) in [4.78, 5) is 0. The van der Waals surface area contributed by atoms with Crippen LogP contribution in [0.25, 0.3) is 0 Å². The molecule has 0 aliphatic rings. The molecule has 1 rings (SSSR count). The summed E-state index contributed by atoms with van der Waals surface area (Å²) in [5.41, 5.74) is 0. The fraction of sp³-hybridized carbons (Fsp3) is 0. The maximum Gasteiger partial charge on any atom is 0.143 e. The van der Waals surface area contributed by atoms with Gasteiger partial charge >= 0.3 is 0 Å². The standard InChI is InChI=1S/C3HBr3N2/c4-2-1-8(6)7-3(2)5/h1H. The van der Waals surface area contributed by atoms with E-state index >= 15 is 0 Å². The molecule has 0 bridgehead atoms. The monoisotopic (exact) mass is 302 g/mol. The predicted molar refractivity (Wildman–Crippen MR) is 42.0 cm³/mol. The minimum absolute atomic E-state index is 0.800. The predicted octanol–water partition coefficient (Wildman–Crippen LogP) is 2.57. The highest BCUT2D eigenvalue weighted by atomic mass is 79.9. The van der Waals surface area contributed by atoms with Crippen molar-refractivity contribution in [1.82, 2.24) is 8.81 Å². The summed E-state index contributed by atoms with van der Waals surface area (Å²) in [5.74, 6) is 0. The van der Waals surface area contributed by atoms with Crippen LogP contribution in [0.5, 0.6) is 0 Å². The molecule has 0 atom stereocenters. The summed E-state index contributed by atoms with van der Waals surface area (Å²) in [6.07, 6.45) is 1.80. The van der Waals surface area contributed by atoms with E-state index in [0.717, 1.165) is 9.08 Å². The molecule has 0 aliphatic carbocycles. The third kappa shape index (κ3) is 1.33. The molecular formula is C3HBr3N2. The quantitative estimate of drug-likeness (QED) is 0.720. The van der Waals surface area contributed by atoms with Crippen LogP contribution in [0.3, 0.4) is 0 Å². The molecule has 0 aliphatic heterocycles. The Morgan fingerprint density at radius 3 is 2.25 bits per heavy atom. The van der Waals surface area contributed by atoms with Gasteiger partial charge in [-0.25, -0.2) is 3.71 Å². The van der Waals surface area contributed by atoms with Crippen LogP contribution in [0.2, 0.25) is 0 Å². The maximum atomic E-state index is 3.91. The molecule has 0 saturated heterocycles. The summed E-state index contributed by atoms with van der Waals surface area (Å²) in [6, 6.07) is 0. The van der Waals surface area contributed by atoms with Crippen molar-refractivity contribution in [3.63, 3.8) is 0 Å². The van der Waals surface area contributed by atoms with Crippen molar-refractivity contribution in [2.24, 2.45) is 0 Å². The van der Waals surface area contributed by atoms with E-state index in [1.807, 2.05) is 0 Å². The second-order valence-corrected chi connectivity index (χ2v) is 3.49. The lowest BCUT2D eigenvalue weighted by atomic mass is 10.8. The van der Waals surface area contributed by atoms with E-state index < -0.39 is 0 Å². The Hall–Kier alpha value is 0.650. The summed E-state index contributed by atoms with van der Waals surface area (Å²) in [6.45, 7) is 0. The normalized spacial score (nSPS) is 9.88. The lowest BCUT2D eigenvalue weighted by molar-refractivity contribution is 1.02. The minimum atomic E-state index is 0.800. The van der Waals surface area contributed by atoms with Crippen LogP contribution in [0, 0.1) is 0 Å².